The molecule has 1 unspecified atom stereocenters. The number of nitrogens with one attached hydrogen (secondary N) is 1. The van der Waals surface area contributed by atoms with E-state index in [1.54, 1.807) is 13.0 Å². The molecule has 0 rings (SSSR count). The predicted octanol–water partition coefficient (Wildman–Crippen LogP) is -0.393. The number of aliphatic hydroxyl groups is 1. The lowest BCUT2D eigenvalue weighted by Gasteiger charge is -2.09. The number of hydrogen-bond acceptors (Lipinski definition) is 5. The molecule has 2 N–H and O–H groups in total. The summed E-state index contributed by atoms with van der Waals surface area (Å²) < 4.78 is 30.2. The zero-order valence-electron chi connectivity index (χ0n) is 9.35. The molecule has 0 saturated heterocycles. The SMILES string of the molecule is CCC(C#N)S(=O)(=O)NCCCOCCO. The highest BCUT2D eigenvalue weighted by atomic mass is 32.2. The quantitative estimate of drug-likeness (QED) is 0.543. The third-order valence-corrected chi connectivity index (χ3v) is 3.69. The summed E-state index contributed by atoms with van der Waals surface area (Å²) in [6.45, 7) is 2.48. The lowest BCUT2D eigenvalue weighted by molar-refractivity contribution is 0.0913. The van der Waals surface area contributed by atoms with Crippen molar-refractivity contribution in [2.45, 2.75) is 25.0 Å². The molecule has 0 aliphatic heterocycles. The van der Waals surface area contributed by atoms with Crippen LogP contribution in [0.15, 0.2) is 0 Å². The van der Waals surface area contributed by atoms with E-state index in [4.69, 9.17) is 15.1 Å². The number of ether oxygens (including phenoxy) is 1. The first-order valence-corrected chi connectivity index (χ1v) is 6.69. The van der Waals surface area contributed by atoms with Crippen molar-refractivity contribution in [3.05, 3.63) is 0 Å². The van der Waals surface area contributed by atoms with Gasteiger partial charge in [0.15, 0.2) is 5.25 Å². The Kier molecular flexibility index (Phi) is 8.11. The highest BCUT2D eigenvalue weighted by molar-refractivity contribution is 7.90. The van der Waals surface area contributed by atoms with Gasteiger partial charge in [0.05, 0.1) is 19.3 Å². The van der Waals surface area contributed by atoms with Crippen LogP contribution < -0.4 is 4.72 Å². The van der Waals surface area contributed by atoms with Crippen molar-refractivity contribution in [1.29, 1.82) is 5.26 Å². The standard InChI is InChI=1S/C9H18N2O4S/c1-2-9(8-10)16(13,14)11-4-3-6-15-7-5-12/h9,11-12H,2-7H2,1H3. The molecule has 1 atom stereocenters. The average molecular weight is 250 g/mol. The fourth-order valence-electron chi connectivity index (χ4n) is 1.04. The van der Waals surface area contributed by atoms with Gasteiger partial charge in [-0.15, -0.1) is 0 Å². The van der Waals surface area contributed by atoms with Crippen molar-refractivity contribution in [2.24, 2.45) is 0 Å². The normalized spacial score (nSPS) is 13.3. The van der Waals surface area contributed by atoms with Gasteiger partial charge in [0.2, 0.25) is 10.0 Å². The lowest BCUT2D eigenvalue weighted by Crippen LogP contribution is -2.34. The molecule has 6 nitrogen and oxygen atoms in total. The Labute approximate surface area is 96.3 Å². The van der Waals surface area contributed by atoms with Gasteiger partial charge in [-0.05, 0) is 12.8 Å². The van der Waals surface area contributed by atoms with Gasteiger partial charge in [0.25, 0.3) is 0 Å². The van der Waals surface area contributed by atoms with E-state index in [0.717, 1.165) is 0 Å². The second-order valence-corrected chi connectivity index (χ2v) is 5.10. The number of nitrogens with zero attached hydrogens (tertiary/aromatic N) is 1. The van der Waals surface area contributed by atoms with Gasteiger partial charge in [-0.25, -0.2) is 13.1 Å². The summed E-state index contributed by atoms with van der Waals surface area (Å²) in [5.74, 6) is 0. The third kappa shape index (κ3) is 6.02. The summed E-state index contributed by atoms with van der Waals surface area (Å²) in [5, 5.41) is 16.0. The van der Waals surface area contributed by atoms with Gasteiger partial charge in [-0.1, -0.05) is 6.92 Å². The van der Waals surface area contributed by atoms with Crippen LogP contribution in [0.5, 0.6) is 0 Å². The summed E-state index contributed by atoms with van der Waals surface area (Å²) in [5.41, 5.74) is 0. The maximum atomic E-state index is 11.5. The zero-order valence-corrected chi connectivity index (χ0v) is 10.2. The first-order valence-electron chi connectivity index (χ1n) is 5.15. The van der Waals surface area contributed by atoms with Crippen molar-refractivity contribution >= 4 is 10.0 Å². The Morgan fingerprint density at radius 1 is 1.50 bits per heavy atom. The number of aliphatic hydroxyl groups excluding tert-OH is 1. The van der Waals surface area contributed by atoms with Crippen LogP contribution in [0.4, 0.5) is 0 Å². The Hall–Kier alpha value is -0.680. The number of hydrogen-bond donors (Lipinski definition) is 2. The van der Waals surface area contributed by atoms with Crippen LogP contribution in [0.2, 0.25) is 0 Å². The molecule has 0 bridgehead atoms. The van der Waals surface area contributed by atoms with Crippen molar-refractivity contribution in [3.8, 4) is 6.07 Å². The predicted molar refractivity (Wildman–Crippen MR) is 59.1 cm³/mol. The van der Waals surface area contributed by atoms with Crippen molar-refractivity contribution in [1.82, 2.24) is 4.72 Å². The number of nitriles is 1. The minimum atomic E-state index is -3.53. The molecule has 0 saturated carbocycles. The van der Waals surface area contributed by atoms with E-state index >= 15 is 0 Å². The number of sulfonamides is 1. The molecule has 0 heterocycles. The molecule has 94 valence electrons. The Morgan fingerprint density at radius 2 is 2.19 bits per heavy atom. The molecule has 0 aliphatic rings. The summed E-state index contributed by atoms with van der Waals surface area (Å²) in [6.07, 6.45) is 0.786. The molecular weight excluding hydrogens is 232 g/mol. The second kappa shape index (κ2) is 8.47. The molecule has 0 radical (unpaired) electrons. The fourth-order valence-corrected chi connectivity index (χ4v) is 2.24. The third-order valence-electron chi connectivity index (χ3n) is 1.89. The summed E-state index contributed by atoms with van der Waals surface area (Å²) in [7, 11) is -3.53. The maximum Gasteiger partial charge on any atom is 0.227 e. The topological polar surface area (TPSA) is 99.4 Å². The smallest absolute Gasteiger partial charge is 0.227 e. The molecule has 0 amide bonds. The van der Waals surface area contributed by atoms with E-state index in [-0.39, 0.29) is 26.2 Å². The molecule has 0 aliphatic carbocycles. The first-order chi connectivity index (χ1) is 7.58. The minimum absolute atomic E-state index is 0.0436. The summed E-state index contributed by atoms with van der Waals surface area (Å²) in [4.78, 5) is 0. The van der Waals surface area contributed by atoms with Crippen molar-refractivity contribution in [2.75, 3.05) is 26.4 Å². The maximum absolute atomic E-state index is 11.5. The fraction of sp³-hybridized carbons (Fsp3) is 0.889. The summed E-state index contributed by atoms with van der Waals surface area (Å²) in [6, 6.07) is 1.74. The van der Waals surface area contributed by atoms with Crippen LogP contribution in [0.25, 0.3) is 0 Å². The van der Waals surface area contributed by atoms with Crippen LogP contribution >= 0.6 is 0 Å². The lowest BCUT2D eigenvalue weighted by atomic mass is 10.4. The van der Waals surface area contributed by atoms with Gasteiger partial charge >= 0.3 is 0 Å². The van der Waals surface area contributed by atoms with Gasteiger partial charge in [0, 0.05) is 13.2 Å². The largest absolute Gasteiger partial charge is 0.394 e. The van der Waals surface area contributed by atoms with Gasteiger partial charge in [-0.3, -0.25) is 0 Å². The highest BCUT2D eigenvalue weighted by Crippen LogP contribution is 2.02. The highest BCUT2D eigenvalue weighted by Gasteiger charge is 2.22. The second-order valence-electron chi connectivity index (χ2n) is 3.15. The zero-order chi connectivity index (χ0) is 12.4. The van der Waals surface area contributed by atoms with Crippen LogP contribution in [-0.4, -0.2) is 45.1 Å². The van der Waals surface area contributed by atoms with Gasteiger partial charge in [-0.2, -0.15) is 5.26 Å². The number of rotatable bonds is 9. The first kappa shape index (κ1) is 15.3. The monoisotopic (exact) mass is 250 g/mol. The van der Waals surface area contributed by atoms with Crippen LogP contribution in [0.3, 0.4) is 0 Å². The van der Waals surface area contributed by atoms with Gasteiger partial charge < -0.3 is 9.84 Å². The van der Waals surface area contributed by atoms with Gasteiger partial charge in [0.1, 0.15) is 0 Å². The molecular formula is C9H18N2O4S. The van der Waals surface area contributed by atoms with E-state index in [9.17, 15) is 8.42 Å². The molecule has 7 heteroatoms. The Morgan fingerprint density at radius 3 is 2.69 bits per heavy atom. The van der Waals surface area contributed by atoms with Crippen molar-refractivity contribution < 1.29 is 18.3 Å². The van der Waals surface area contributed by atoms with Crippen LogP contribution in [0.1, 0.15) is 19.8 Å². The van der Waals surface area contributed by atoms with Crippen LogP contribution in [0, 0.1) is 11.3 Å². The van der Waals surface area contributed by atoms with Crippen molar-refractivity contribution in [3.63, 3.8) is 0 Å². The van der Waals surface area contributed by atoms with E-state index in [1.165, 1.54) is 0 Å². The van der Waals surface area contributed by atoms with E-state index in [0.29, 0.717) is 13.0 Å². The molecule has 16 heavy (non-hydrogen) atoms. The van der Waals surface area contributed by atoms with E-state index in [1.807, 2.05) is 0 Å². The molecule has 0 aromatic carbocycles. The molecule has 0 spiro atoms. The van der Waals surface area contributed by atoms with Crippen LogP contribution in [-0.2, 0) is 14.8 Å². The van der Waals surface area contributed by atoms with E-state index in [2.05, 4.69) is 4.72 Å². The Balaban J connectivity index is 3.80. The molecule has 0 aromatic rings. The Bertz CT molecular complexity index is 310. The van der Waals surface area contributed by atoms with E-state index < -0.39 is 15.3 Å². The average Bonchev–Trinajstić information content (AvgIpc) is 2.24. The summed E-state index contributed by atoms with van der Waals surface area (Å²) >= 11 is 0. The minimum Gasteiger partial charge on any atom is -0.394 e. The molecule has 0 fully saturated rings. The molecule has 0 aromatic heterocycles.